The smallest absolute Gasteiger partial charge is 0.254 e. The molecule has 3 heteroatoms. The fourth-order valence-corrected chi connectivity index (χ4v) is 2.44. The van der Waals surface area contributed by atoms with Crippen LogP contribution < -0.4 is 0 Å². The number of alkyl halides is 1. The Kier molecular flexibility index (Phi) is 3.29. The van der Waals surface area contributed by atoms with Gasteiger partial charge in [-0.1, -0.05) is 12.1 Å². The monoisotopic (exact) mass is 263 g/mol. The number of carbonyl (C=O) groups is 1. The van der Waals surface area contributed by atoms with Crippen molar-refractivity contribution in [2.24, 2.45) is 5.92 Å². The lowest BCUT2D eigenvalue weighted by atomic mass is 10.1. The molecule has 0 spiro atoms. The van der Waals surface area contributed by atoms with Crippen LogP contribution in [0.4, 0.5) is 0 Å². The lowest BCUT2D eigenvalue weighted by molar-refractivity contribution is 0.0735. The SMILES string of the molecule is O=C(c1ccc(CCl)cc1)N(CC1CC1)C1CC1. The van der Waals surface area contributed by atoms with E-state index in [4.69, 9.17) is 11.6 Å². The van der Waals surface area contributed by atoms with Crippen LogP contribution in [-0.4, -0.2) is 23.4 Å². The van der Waals surface area contributed by atoms with E-state index in [0.717, 1.165) is 23.6 Å². The fourth-order valence-electron chi connectivity index (χ4n) is 2.26. The Hall–Kier alpha value is -1.02. The number of halogens is 1. The minimum Gasteiger partial charge on any atom is -0.335 e. The van der Waals surface area contributed by atoms with Gasteiger partial charge < -0.3 is 4.90 Å². The van der Waals surface area contributed by atoms with Crippen molar-refractivity contribution < 1.29 is 4.79 Å². The van der Waals surface area contributed by atoms with Crippen LogP contribution in [0.1, 0.15) is 41.6 Å². The lowest BCUT2D eigenvalue weighted by Gasteiger charge is -2.22. The summed E-state index contributed by atoms with van der Waals surface area (Å²) in [7, 11) is 0. The Morgan fingerprint density at radius 3 is 2.33 bits per heavy atom. The van der Waals surface area contributed by atoms with Crippen molar-refractivity contribution in [1.82, 2.24) is 4.90 Å². The summed E-state index contributed by atoms with van der Waals surface area (Å²) < 4.78 is 0. The van der Waals surface area contributed by atoms with Gasteiger partial charge in [0.2, 0.25) is 0 Å². The molecule has 2 aliphatic carbocycles. The number of nitrogens with zero attached hydrogens (tertiary/aromatic N) is 1. The molecule has 3 rings (SSSR count). The number of benzene rings is 1. The molecule has 2 fully saturated rings. The fraction of sp³-hybridized carbons (Fsp3) is 0.533. The average molecular weight is 264 g/mol. The molecule has 1 aromatic carbocycles. The molecule has 0 N–H and O–H groups in total. The zero-order valence-corrected chi connectivity index (χ0v) is 11.2. The molecular weight excluding hydrogens is 246 g/mol. The van der Waals surface area contributed by atoms with Crippen molar-refractivity contribution in [3.63, 3.8) is 0 Å². The predicted molar refractivity (Wildman–Crippen MR) is 72.8 cm³/mol. The van der Waals surface area contributed by atoms with Crippen molar-refractivity contribution in [3.05, 3.63) is 35.4 Å². The first-order valence-corrected chi connectivity index (χ1v) is 7.27. The number of hydrogen-bond acceptors (Lipinski definition) is 1. The zero-order valence-electron chi connectivity index (χ0n) is 10.4. The molecule has 0 bridgehead atoms. The third-order valence-corrected chi connectivity index (χ3v) is 4.06. The molecule has 0 aromatic heterocycles. The molecule has 2 nitrogen and oxygen atoms in total. The normalized spacial score (nSPS) is 18.7. The maximum absolute atomic E-state index is 12.5. The topological polar surface area (TPSA) is 20.3 Å². The van der Waals surface area contributed by atoms with E-state index >= 15 is 0 Å². The number of carbonyl (C=O) groups excluding carboxylic acids is 1. The third-order valence-electron chi connectivity index (χ3n) is 3.76. The molecule has 1 amide bonds. The summed E-state index contributed by atoms with van der Waals surface area (Å²) in [5.41, 5.74) is 1.87. The van der Waals surface area contributed by atoms with Crippen LogP contribution in [0.5, 0.6) is 0 Å². The van der Waals surface area contributed by atoms with Crippen LogP contribution in [-0.2, 0) is 5.88 Å². The number of amides is 1. The van der Waals surface area contributed by atoms with E-state index < -0.39 is 0 Å². The highest BCUT2D eigenvalue weighted by Gasteiger charge is 2.36. The van der Waals surface area contributed by atoms with Gasteiger partial charge in [-0.05, 0) is 49.3 Å². The van der Waals surface area contributed by atoms with E-state index in [9.17, 15) is 4.79 Å². The van der Waals surface area contributed by atoms with E-state index in [2.05, 4.69) is 4.90 Å². The molecule has 1 aromatic rings. The molecule has 18 heavy (non-hydrogen) atoms. The largest absolute Gasteiger partial charge is 0.335 e. The second-order valence-corrected chi connectivity index (χ2v) is 5.73. The molecule has 2 saturated carbocycles. The Morgan fingerprint density at radius 2 is 1.83 bits per heavy atom. The van der Waals surface area contributed by atoms with E-state index in [1.807, 2.05) is 24.3 Å². The van der Waals surface area contributed by atoms with Crippen molar-refractivity contribution in [3.8, 4) is 0 Å². The summed E-state index contributed by atoms with van der Waals surface area (Å²) in [5, 5.41) is 0. The number of rotatable bonds is 5. The standard InChI is InChI=1S/C15H18ClNO/c16-9-11-3-5-13(6-4-11)15(18)17(14-7-8-14)10-12-1-2-12/h3-6,12,14H,1-2,7-10H2. The Bertz CT molecular complexity index is 434. The lowest BCUT2D eigenvalue weighted by Crippen LogP contribution is -2.34. The van der Waals surface area contributed by atoms with Gasteiger partial charge in [-0.2, -0.15) is 0 Å². The van der Waals surface area contributed by atoms with E-state index in [0.29, 0.717) is 11.9 Å². The maximum Gasteiger partial charge on any atom is 0.254 e. The molecule has 0 saturated heterocycles. The van der Waals surface area contributed by atoms with Crippen LogP contribution in [0.3, 0.4) is 0 Å². The van der Waals surface area contributed by atoms with Gasteiger partial charge in [0.05, 0.1) is 0 Å². The van der Waals surface area contributed by atoms with Gasteiger partial charge in [-0.15, -0.1) is 11.6 Å². The minimum atomic E-state index is 0.200. The minimum absolute atomic E-state index is 0.200. The predicted octanol–water partition coefficient (Wildman–Crippen LogP) is 3.44. The van der Waals surface area contributed by atoms with Crippen molar-refractivity contribution in [2.45, 2.75) is 37.6 Å². The average Bonchev–Trinajstić information content (AvgIpc) is 3.28. The first kappa shape index (κ1) is 12.0. The molecule has 96 valence electrons. The van der Waals surface area contributed by atoms with E-state index in [1.165, 1.54) is 25.7 Å². The Balaban J connectivity index is 1.73. The summed E-state index contributed by atoms with van der Waals surface area (Å²) in [4.78, 5) is 14.6. The second kappa shape index (κ2) is 4.93. The van der Waals surface area contributed by atoms with Crippen molar-refractivity contribution in [2.75, 3.05) is 6.54 Å². The van der Waals surface area contributed by atoms with E-state index in [1.54, 1.807) is 0 Å². The van der Waals surface area contributed by atoms with Crippen LogP contribution in [0.15, 0.2) is 24.3 Å². The van der Waals surface area contributed by atoms with Gasteiger partial charge in [0.15, 0.2) is 0 Å². The third kappa shape index (κ3) is 2.69. The van der Waals surface area contributed by atoms with Gasteiger partial charge in [-0.25, -0.2) is 0 Å². The highest BCUT2D eigenvalue weighted by molar-refractivity contribution is 6.17. The van der Waals surface area contributed by atoms with Crippen LogP contribution in [0.2, 0.25) is 0 Å². The molecular formula is C15H18ClNO. The molecule has 0 heterocycles. The Morgan fingerprint density at radius 1 is 1.17 bits per heavy atom. The first-order chi connectivity index (χ1) is 8.78. The van der Waals surface area contributed by atoms with Crippen LogP contribution in [0, 0.1) is 5.92 Å². The molecule has 0 atom stereocenters. The summed E-state index contributed by atoms with van der Waals surface area (Å²) in [6.07, 6.45) is 4.94. The summed E-state index contributed by atoms with van der Waals surface area (Å²) in [6.45, 7) is 0.959. The summed E-state index contributed by atoms with van der Waals surface area (Å²) in [6, 6.07) is 8.21. The maximum atomic E-state index is 12.5. The second-order valence-electron chi connectivity index (χ2n) is 5.46. The summed E-state index contributed by atoms with van der Waals surface area (Å²) >= 11 is 5.76. The summed E-state index contributed by atoms with van der Waals surface area (Å²) in [5.74, 6) is 1.46. The molecule has 2 aliphatic rings. The van der Waals surface area contributed by atoms with Gasteiger partial charge in [0.1, 0.15) is 0 Å². The van der Waals surface area contributed by atoms with E-state index in [-0.39, 0.29) is 5.91 Å². The molecule has 0 unspecified atom stereocenters. The van der Waals surface area contributed by atoms with Gasteiger partial charge in [0.25, 0.3) is 5.91 Å². The highest BCUT2D eigenvalue weighted by atomic mass is 35.5. The van der Waals surface area contributed by atoms with Crippen LogP contribution >= 0.6 is 11.6 Å². The van der Waals surface area contributed by atoms with Gasteiger partial charge in [-0.3, -0.25) is 4.79 Å². The number of hydrogen-bond donors (Lipinski definition) is 0. The van der Waals surface area contributed by atoms with Crippen LogP contribution in [0.25, 0.3) is 0 Å². The molecule has 0 radical (unpaired) electrons. The van der Waals surface area contributed by atoms with Crippen molar-refractivity contribution in [1.29, 1.82) is 0 Å². The van der Waals surface area contributed by atoms with Gasteiger partial charge in [0, 0.05) is 24.0 Å². The van der Waals surface area contributed by atoms with Crippen molar-refractivity contribution >= 4 is 17.5 Å². The molecule has 0 aliphatic heterocycles. The van der Waals surface area contributed by atoms with Gasteiger partial charge >= 0.3 is 0 Å². The Labute approximate surface area is 113 Å². The highest BCUT2D eigenvalue weighted by Crippen LogP contribution is 2.35. The quantitative estimate of drug-likeness (QED) is 0.746. The first-order valence-electron chi connectivity index (χ1n) is 6.74. The zero-order chi connectivity index (χ0) is 12.5.